The van der Waals surface area contributed by atoms with Gasteiger partial charge in [0.15, 0.2) is 0 Å². The molecule has 1 aromatic heterocycles. The summed E-state index contributed by atoms with van der Waals surface area (Å²) in [6.07, 6.45) is 0.656. The number of H-pyrrole nitrogens is 1. The number of tetrazole rings is 1. The van der Waals surface area contributed by atoms with E-state index in [-0.39, 0.29) is 11.7 Å². The van der Waals surface area contributed by atoms with Crippen molar-refractivity contribution >= 4 is 23.5 Å². The molecule has 0 amide bonds. The number of benzene rings is 3. The topological polar surface area (TPSA) is 88.0 Å². The van der Waals surface area contributed by atoms with Gasteiger partial charge in [0.1, 0.15) is 12.5 Å². The molecule has 180 valence electrons. The van der Waals surface area contributed by atoms with Gasteiger partial charge in [-0.15, -0.1) is 0 Å². The zero-order valence-electron chi connectivity index (χ0n) is 19.7. The Hall–Kier alpha value is -4.19. The second kappa shape index (κ2) is 10.6. The van der Waals surface area contributed by atoms with E-state index in [1.807, 2.05) is 36.4 Å². The van der Waals surface area contributed by atoms with Crippen molar-refractivity contribution in [1.82, 2.24) is 20.2 Å². The number of hydrogen-bond acceptors (Lipinski definition) is 6. The van der Waals surface area contributed by atoms with E-state index in [1.165, 1.54) is 22.3 Å². The zero-order chi connectivity index (χ0) is 24.9. The van der Waals surface area contributed by atoms with Crippen molar-refractivity contribution in [2.75, 3.05) is 18.7 Å². The second-order valence-corrected chi connectivity index (χ2v) is 8.84. The van der Waals surface area contributed by atoms with Gasteiger partial charge in [-0.2, -0.15) is 5.21 Å². The summed E-state index contributed by atoms with van der Waals surface area (Å²) in [5.41, 5.74) is 7.72. The van der Waals surface area contributed by atoms with Crippen molar-refractivity contribution < 1.29 is 9.84 Å². The standard InChI is InChI=1S/C28H25N5O2S/c1-19-24-9-2-3-10-26(24)27(25(19)11-4-6-20-12-14-23(34)15-13-20)17-35-18-29-21-7-5-8-22(16-21)33-28(36)30-31-32-33/h2-3,5,7-10,12-16,27,29,34H,11,17-18H2,1H3,(H,30,32,36). The molecule has 1 aliphatic carbocycles. The predicted molar refractivity (Wildman–Crippen MR) is 142 cm³/mol. The highest BCUT2D eigenvalue weighted by Crippen LogP contribution is 2.43. The molecule has 0 fully saturated rings. The Morgan fingerprint density at radius 1 is 1.11 bits per heavy atom. The molecule has 3 N–H and O–H groups in total. The van der Waals surface area contributed by atoms with Crippen molar-refractivity contribution in [3.05, 3.63) is 99.8 Å². The molecule has 0 bridgehead atoms. The number of nitrogens with zero attached hydrogens (tertiary/aromatic N) is 3. The summed E-state index contributed by atoms with van der Waals surface area (Å²) in [6, 6.07) is 23.2. The number of phenols is 1. The minimum atomic E-state index is 0.151. The summed E-state index contributed by atoms with van der Waals surface area (Å²) in [5, 5.41) is 23.1. The van der Waals surface area contributed by atoms with Crippen molar-refractivity contribution in [3.8, 4) is 23.3 Å². The summed E-state index contributed by atoms with van der Waals surface area (Å²) in [4.78, 5) is 0. The molecule has 7 nitrogen and oxygen atoms in total. The molecule has 1 unspecified atom stereocenters. The smallest absolute Gasteiger partial charge is 0.242 e. The normalized spacial score (nSPS) is 14.3. The Kier molecular flexibility index (Phi) is 6.94. The van der Waals surface area contributed by atoms with Gasteiger partial charge in [0.25, 0.3) is 0 Å². The number of hydrogen-bond donors (Lipinski definition) is 3. The molecule has 3 aromatic carbocycles. The fraction of sp³-hybridized carbons (Fsp3) is 0.179. The number of anilines is 1. The first kappa shape index (κ1) is 23.5. The Bertz CT molecular complexity index is 1530. The Balaban J connectivity index is 1.25. The van der Waals surface area contributed by atoms with Gasteiger partial charge in [-0.1, -0.05) is 52.5 Å². The van der Waals surface area contributed by atoms with Gasteiger partial charge in [0.2, 0.25) is 4.77 Å². The maximum Gasteiger partial charge on any atom is 0.242 e. The minimum Gasteiger partial charge on any atom is -0.508 e. The lowest BCUT2D eigenvalue weighted by Gasteiger charge is -2.17. The molecule has 0 saturated carbocycles. The summed E-state index contributed by atoms with van der Waals surface area (Å²) < 4.78 is 8.11. The lowest BCUT2D eigenvalue weighted by molar-refractivity contribution is 0.144. The van der Waals surface area contributed by atoms with E-state index in [2.05, 4.69) is 63.9 Å². The number of fused-ring (bicyclic) bond motifs is 1. The number of phenolic OH excluding ortho intramolecular Hbond substituents is 1. The molecule has 36 heavy (non-hydrogen) atoms. The van der Waals surface area contributed by atoms with Crippen LogP contribution in [0, 0.1) is 16.6 Å². The molecule has 0 saturated heterocycles. The maximum atomic E-state index is 9.48. The maximum absolute atomic E-state index is 9.48. The van der Waals surface area contributed by atoms with Gasteiger partial charge in [-0.25, -0.2) is 4.68 Å². The average molecular weight is 496 g/mol. The van der Waals surface area contributed by atoms with Crippen molar-refractivity contribution in [1.29, 1.82) is 0 Å². The van der Waals surface area contributed by atoms with Crippen molar-refractivity contribution in [2.24, 2.45) is 0 Å². The monoisotopic (exact) mass is 495 g/mol. The fourth-order valence-electron chi connectivity index (χ4n) is 4.43. The van der Waals surface area contributed by atoms with Crippen LogP contribution in [0.2, 0.25) is 0 Å². The van der Waals surface area contributed by atoms with Gasteiger partial charge in [0.05, 0.1) is 12.3 Å². The van der Waals surface area contributed by atoms with E-state index in [0.717, 1.165) is 16.9 Å². The summed E-state index contributed by atoms with van der Waals surface area (Å²) >= 11 is 5.18. The summed E-state index contributed by atoms with van der Waals surface area (Å²) in [7, 11) is 0. The fourth-order valence-corrected chi connectivity index (χ4v) is 4.62. The van der Waals surface area contributed by atoms with E-state index in [4.69, 9.17) is 17.0 Å². The Morgan fingerprint density at radius 2 is 1.94 bits per heavy atom. The molecular formula is C28H25N5O2S. The van der Waals surface area contributed by atoms with E-state index in [9.17, 15) is 5.11 Å². The quantitative estimate of drug-likeness (QED) is 0.137. The molecule has 8 heteroatoms. The lowest BCUT2D eigenvalue weighted by Crippen LogP contribution is -2.13. The van der Waals surface area contributed by atoms with E-state index >= 15 is 0 Å². The van der Waals surface area contributed by atoms with Crippen LogP contribution < -0.4 is 5.32 Å². The first-order chi connectivity index (χ1) is 17.6. The van der Waals surface area contributed by atoms with E-state index < -0.39 is 0 Å². The van der Waals surface area contributed by atoms with Crippen LogP contribution in [-0.2, 0) is 4.74 Å². The van der Waals surface area contributed by atoms with Crippen LogP contribution in [-0.4, -0.2) is 38.7 Å². The molecule has 0 aliphatic heterocycles. The van der Waals surface area contributed by atoms with E-state index in [1.54, 1.807) is 16.8 Å². The number of aromatic hydroxyl groups is 1. The van der Waals surface area contributed by atoms with Crippen LogP contribution >= 0.6 is 12.2 Å². The van der Waals surface area contributed by atoms with Crippen LogP contribution in [0.5, 0.6) is 5.75 Å². The van der Waals surface area contributed by atoms with Gasteiger partial charge < -0.3 is 15.2 Å². The Labute approximate surface area is 214 Å². The first-order valence-corrected chi connectivity index (χ1v) is 12.0. The van der Waals surface area contributed by atoms with Crippen molar-refractivity contribution in [3.63, 3.8) is 0 Å². The third kappa shape index (κ3) is 5.08. The number of nitrogens with one attached hydrogen (secondary N) is 2. The van der Waals surface area contributed by atoms with Crippen LogP contribution in [0.15, 0.2) is 78.4 Å². The van der Waals surface area contributed by atoms with Gasteiger partial charge in [0, 0.05) is 23.6 Å². The molecule has 4 aromatic rings. The third-order valence-corrected chi connectivity index (χ3v) is 6.52. The third-order valence-electron chi connectivity index (χ3n) is 6.26. The predicted octanol–water partition coefficient (Wildman–Crippen LogP) is 5.43. The van der Waals surface area contributed by atoms with Crippen LogP contribution in [0.4, 0.5) is 5.69 Å². The van der Waals surface area contributed by atoms with Crippen molar-refractivity contribution in [2.45, 2.75) is 19.3 Å². The van der Waals surface area contributed by atoms with Gasteiger partial charge in [-0.3, -0.25) is 0 Å². The average Bonchev–Trinajstić information content (AvgIpc) is 3.44. The number of allylic oxidation sites excluding steroid dienone is 1. The highest BCUT2D eigenvalue weighted by Gasteiger charge is 2.28. The summed E-state index contributed by atoms with van der Waals surface area (Å²) in [5.74, 6) is 6.91. The molecule has 1 atom stereocenters. The molecule has 0 radical (unpaired) electrons. The highest BCUT2D eigenvalue weighted by molar-refractivity contribution is 7.71. The SMILES string of the molecule is CC1=C(CC#Cc2ccc(O)cc2)C(COCNc2cccc(-n3[nH]nnc3=S)c2)c2ccccc21. The molecular weight excluding hydrogens is 470 g/mol. The minimum absolute atomic E-state index is 0.151. The molecule has 1 heterocycles. The zero-order valence-corrected chi connectivity index (χ0v) is 20.5. The second-order valence-electron chi connectivity index (χ2n) is 8.48. The molecule has 0 spiro atoms. The van der Waals surface area contributed by atoms with E-state index in [0.29, 0.717) is 24.5 Å². The summed E-state index contributed by atoms with van der Waals surface area (Å²) in [6.45, 7) is 3.07. The number of aromatic amines is 1. The van der Waals surface area contributed by atoms with Crippen LogP contribution in [0.25, 0.3) is 11.3 Å². The number of ether oxygens (including phenoxy) is 1. The largest absolute Gasteiger partial charge is 0.508 e. The van der Waals surface area contributed by atoms with Gasteiger partial charge in [-0.05, 0) is 83.9 Å². The van der Waals surface area contributed by atoms with Gasteiger partial charge >= 0.3 is 0 Å². The Morgan fingerprint density at radius 3 is 2.75 bits per heavy atom. The van der Waals surface area contributed by atoms with Crippen LogP contribution in [0.1, 0.15) is 36.0 Å². The number of rotatable bonds is 7. The molecule has 1 aliphatic rings. The highest BCUT2D eigenvalue weighted by atomic mass is 32.1. The van der Waals surface area contributed by atoms with Crippen LogP contribution in [0.3, 0.4) is 0 Å². The first-order valence-electron chi connectivity index (χ1n) is 11.6. The number of aromatic nitrogens is 4. The lowest BCUT2D eigenvalue weighted by atomic mass is 9.94. The molecule has 5 rings (SSSR count).